The van der Waals surface area contributed by atoms with Crippen molar-refractivity contribution in [3.63, 3.8) is 0 Å². The van der Waals surface area contributed by atoms with Gasteiger partial charge in [-0.3, -0.25) is 4.79 Å². The molecule has 4 heteroatoms. The highest BCUT2D eigenvalue weighted by atomic mass is 35.5. The van der Waals surface area contributed by atoms with Gasteiger partial charge in [-0.1, -0.05) is 13.0 Å². The molecule has 1 atom stereocenters. The van der Waals surface area contributed by atoms with E-state index in [1.54, 1.807) is 0 Å². The Morgan fingerprint density at radius 1 is 1.47 bits per heavy atom. The molecule has 0 unspecified atom stereocenters. The van der Waals surface area contributed by atoms with E-state index in [1.807, 2.05) is 6.07 Å². The van der Waals surface area contributed by atoms with Crippen LogP contribution in [-0.2, 0) is 11.2 Å². The van der Waals surface area contributed by atoms with Crippen molar-refractivity contribution < 1.29 is 4.79 Å². The van der Waals surface area contributed by atoms with E-state index in [1.165, 1.54) is 11.1 Å². The van der Waals surface area contributed by atoms with Crippen molar-refractivity contribution in [3.8, 4) is 0 Å². The molecule has 3 nitrogen and oxygen atoms in total. The van der Waals surface area contributed by atoms with E-state index >= 15 is 0 Å². The number of nitrogens with one attached hydrogen (secondary N) is 2. The topological polar surface area (TPSA) is 41.1 Å². The van der Waals surface area contributed by atoms with Crippen molar-refractivity contribution in [2.45, 2.75) is 33.1 Å². The summed E-state index contributed by atoms with van der Waals surface area (Å²) in [6, 6.07) is 6.15. The van der Waals surface area contributed by atoms with Crippen LogP contribution in [0.5, 0.6) is 0 Å². The molecular weight excluding hydrogens is 260 g/mol. The van der Waals surface area contributed by atoms with Crippen LogP contribution in [0.4, 0.5) is 5.69 Å². The lowest BCUT2D eigenvalue weighted by atomic mass is 9.98. The van der Waals surface area contributed by atoms with Crippen LogP contribution in [-0.4, -0.2) is 19.0 Å². The van der Waals surface area contributed by atoms with Crippen molar-refractivity contribution >= 4 is 24.0 Å². The summed E-state index contributed by atoms with van der Waals surface area (Å²) in [6.07, 6.45) is 3.08. The molecule has 0 aliphatic carbocycles. The monoisotopic (exact) mass is 282 g/mol. The average molecular weight is 283 g/mol. The second-order valence-corrected chi connectivity index (χ2v) is 5.03. The van der Waals surface area contributed by atoms with Crippen molar-refractivity contribution in [2.75, 3.05) is 18.4 Å². The van der Waals surface area contributed by atoms with Gasteiger partial charge in [-0.25, -0.2) is 0 Å². The molecule has 1 aliphatic heterocycles. The first-order valence-corrected chi connectivity index (χ1v) is 6.82. The van der Waals surface area contributed by atoms with Gasteiger partial charge in [0.15, 0.2) is 0 Å². The fraction of sp³-hybridized carbons (Fsp3) is 0.533. The smallest absolute Gasteiger partial charge is 0.228 e. The number of amides is 1. The molecule has 106 valence electrons. The highest BCUT2D eigenvalue weighted by molar-refractivity contribution is 5.92. The Hall–Kier alpha value is -1.06. The molecular formula is C15H23ClN2O. The minimum absolute atomic E-state index is 0. The summed E-state index contributed by atoms with van der Waals surface area (Å²) in [5.74, 6) is 0.262. The number of anilines is 1. The molecule has 0 radical (unpaired) electrons. The van der Waals surface area contributed by atoms with Gasteiger partial charge in [-0.2, -0.15) is 0 Å². The number of hydrogen-bond donors (Lipinski definition) is 2. The zero-order valence-electron chi connectivity index (χ0n) is 11.7. The Morgan fingerprint density at radius 2 is 2.26 bits per heavy atom. The quantitative estimate of drug-likeness (QED) is 0.895. The van der Waals surface area contributed by atoms with Gasteiger partial charge in [-0.05, 0) is 56.0 Å². The number of piperidine rings is 1. The highest BCUT2D eigenvalue weighted by Gasteiger charge is 2.20. The van der Waals surface area contributed by atoms with Crippen LogP contribution in [0.25, 0.3) is 0 Å². The minimum Gasteiger partial charge on any atom is -0.326 e. The molecule has 0 aromatic heterocycles. The van der Waals surface area contributed by atoms with E-state index in [4.69, 9.17) is 0 Å². The average Bonchev–Trinajstić information content (AvgIpc) is 2.42. The number of halogens is 1. The van der Waals surface area contributed by atoms with Gasteiger partial charge < -0.3 is 10.6 Å². The number of hydrogen-bond acceptors (Lipinski definition) is 2. The second-order valence-electron chi connectivity index (χ2n) is 5.03. The summed E-state index contributed by atoms with van der Waals surface area (Å²) in [6.45, 7) is 6.08. The van der Waals surface area contributed by atoms with E-state index < -0.39 is 0 Å². The number of carbonyl (C=O) groups excluding carboxylic acids is 1. The predicted molar refractivity (Wildman–Crippen MR) is 82.0 cm³/mol. The highest BCUT2D eigenvalue weighted by Crippen LogP contribution is 2.18. The molecule has 0 spiro atoms. The van der Waals surface area contributed by atoms with Crippen molar-refractivity contribution in [1.82, 2.24) is 5.32 Å². The first-order chi connectivity index (χ1) is 8.70. The fourth-order valence-corrected chi connectivity index (χ4v) is 2.45. The summed E-state index contributed by atoms with van der Waals surface area (Å²) in [4.78, 5) is 12.1. The first-order valence-electron chi connectivity index (χ1n) is 6.82. The Bertz CT molecular complexity index is 428. The Balaban J connectivity index is 0.00000180. The van der Waals surface area contributed by atoms with Crippen LogP contribution in [0.1, 0.15) is 30.9 Å². The van der Waals surface area contributed by atoms with Crippen LogP contribution < -0.4 is 10.6 Å². The largest absolute Gasteiger partial charge is 0.326 e. The second kappa shape index (κ2) is 7.51. The van der Waals surface area contributed by atoms with Gasteiger partial charge >= 0.3 is 0 Å². The number of rotatable bonds is 3. The number of carbonyl (C=O) groups is 1. The van der Waals surface area contributed by atoms with Gasteiger partial charge in [-0.15, -0.1) is 12.4 Å². The standard InChI is InChI=1S/C15H22N2O.ClH/c1-3-12-9-14(7-6-11(12)2)17-15(18)13-5-4-8-16-10-13;/h6-7,9,13,16H,3-5,8,10H2,1-2H3,(H,17,18);1H/t13-;/m1./s1. The van der Waals surface area contributed by atoms with Gasteiger partial charge in [0, 0.05) is 12.2 Å². The SMILES string of the molecule is CCc1cc(NC(=O)[C@@H]2CCCNC2)ccc1C.Cl. The molecule has 0 bridgehead atoms. The van der Waals surface area contributed by atoms with Crippen molar-refractivity contribution in [2.24, 2.45) is 5.92 Å². The summed E-state index contributed by atoms with van der Waals surface area (Å²) >= 11 is 0. The number of benzene rings is 1. The maximum absolute atomic E-state index is 12.1. The number of aryl methyl sites for hydroxylation is 2. The molecule has 0 saturated carbocycles. The molecule has 2 N–H and O–H groups in total. The molecule has 1 aromatic rings. The third kappa shape index (κ3) is 4.22. The maximum atomic E-state index is 12.1. The molecule has 19 heavy (non-hydrogen) atoms. The third-order valence-electron chi connectivity index (χ3n) is 3.67. The lowest BCUT2D eigenvalue weighted by molar-refractivity contribution is -0.120. The van der Waals surface area contributed by atoms with Crippen molar-refractivity contribution in [3.05, 3.63) is 29.3 Å². The van der Waals surface area contributed by atoms with Crippen LogP contribution in [0, 0.1) is 12.8 Å². The summed E-state index contributed by atoms with van der Waals surface area (Å²) in [5.41, 5.74) is 3.51. The summed E-state index contributed by atoms with van der Waals surface area (Å²) in [7, 11) is 0. The molecule has 2 rings (SSSR count). The van der Waals surface area contributed by atoms with Gasteiger partial charge in [0.05, 0.1) is 5.92 Å². The van der Waals surface area contributed by atoms with Gasteiger partial charge in [0.2, 0.25) is 5.91 Å². The normalized spacial score (nSPS) is 18.5. The summed E-state index contributed by atoms with van der Waals surface area (Å²) in [5, 5.41) is 6.31. The zero-order valence-corrected chi connectivity index (χ0v) is 12.5. The summed E-state index contributed by atoms with van der Waals surface area (Å²) < 4.78 is 0. The van der Waals surface area contributed by atoms with Crippen molar-refractivity contribution in [1.29, 1.82) is 0 Å². The van der Waals surface area contributed by atoms with Crippen LogP contribution in [0.3, 0.4) is 0 Å². The van der Waals surface area contributed by atoms with E-state index in [0.29, 0.717) is 0 Å². The minimum atomic E-state index is 0. The van der Waals surface area contributed by atoms with Crippen LogP contribution >= 0.6 is 12.4 Å². The molecule has 1 fully saturated rings. The van der Waals surface area contributed by atoms with E-state index in [-0.39, 0.29) is 24.2 Å². The third-order valence-corrected chi connectivity index (χ3v) is 3.67. The molecule has 1 aliphatic rings. The maximum Gasteiger partial charge on any atom is 0.228 e. The molecule has 1 heterocycles. The Morgan fingerprint density at radius 3 is 2.89 bits per heavy atom. The lowest BCUT2D eigenvalue weighted by Crippen LogP contribution is -2.37. The zero-order chi connectivity index (χ0) is 13.0. The first kappa shape index (κ1) is 16.0. The predicted octanol–water partition coefficient (Wildman–Crippen LogP) is 2.92. The Labute approximate surface area is 121 Å². The fourth-order valence-electron chi connectivity index (χ4n) is 2.45. The lowest BCUT2D eigenvalue weighted by Gasteiger charge is -2.22. The van der Waals surface area contributed by atoms with E-state index in [9.17, 15) is 4.79 Å². The Kier molecular flexibility index (Phi) is 6.32. The molecule has 1 saturated heterocycles. The van der Waals surface area contributed by atoms with Crippen LogP contribution in [0.15, 0.2) is 18.2 Å². The van der Waals surface area contributed by atoms with Gasteiger partial charge in [0.1, 0.15) is 0 Å². The van der Waals surface area contributed by atoms with Crippen LogP contribution in [0.2, 0.25) is 0 Å². The van der Waals surface area contributed by atoms with E-state index in [0.717, 1.165) is 38.0 Å². The molecule has 1 aromatic carbocycles. The molecule has 1 amide bonds. The van der Waals surface area contributed by atoms with E-state index in [2.05, 4.69) is 36.6 Å². The van der Waals surface area contributed by atoms with Gasteiger partial charge in [0.25, 0.3) is 0 Å².